The van der Waals surface area contributed by atoms with Gasteiger partial charge in [-0.05, 0) is 74.5 Å². The molecule has 0 saturated heterocycles. The zero-order valence-electron chi connectivity index (χ0n) is 13.2. The van der Waals surface area contributed by atoms with Crippen molar-refractivity contribution in [3.05, 3.63) is 29.8 Å². The molecule has 0 unspecified atom stereocenters. The van der Waals surface area contributed by atoms with Crippen LogP contribution < -0.4 is 4.74 Å². The van der Waals surface area contributed by atoms with Gasteiger partial charge in [-0.2, -0.15) is 0 Å². The number of hydrogen-bond donors (Lipinski definition) is 1. The Hall–Kier alpha value is -1.84. The van der Waals surface area contributed by atoms with Crippen molar-refractivity contribution < 1.29 is 19.4 Å². The predicted molar refractivity (Wildman–Crippen MR) is 84.5 cm³/mol. The van der Waals surface area contributed by atoms with E-state index in [1.807, 2.05) is 0 Å². The summed E-state index contributed by atoms with van der Waals surface area (Å²) < 4.78 is 5.64. The largest absolute Gasteiger partial charge is 0.486 e. The first-order valence-corrected chi connectivity index (χ1v) is 8.53. The van der Waals surface area contributed by atoms with Crippen LogP contribution in [0.2, 0.25) is 0 Å². The fourth-order valence-electron chi connectivity index (χ4n) is 5.47. The minimum absolute atomic E-state index is 0.0647. The van der Waals surface area contributed by atoms with Crippen LogP contribution >= 0.6 is 0 Å². The fourth-order valence-corrected chi connectivity index (χ4v) is 5.47. The second-order valence-corrected chi connectivity index (χ2v) is 7.74. The predicted octanol–water partition coefficient (Wildman–Crippen LogP) is 3.55. The zero-order valence-corrected chi connectivity index (χ0v) is 13.2. The highest BCUT2D eigenvalue weighted by Crippen LogP contribution is 2.60. The maximum Gasteiger partial charge on any atom is 0.335 e. The molecule has 0 spiro atoms. The van der Waals surface area contributed by atoms with Crippen molar-refractivity contribution in [2.45, 2.75) is 38.5 Å². The van der Waals surface area contributed by atoms with E-state index in [4.69, 9.17) is 9.84 Å². The Bertz CT molecular complexity index is 613. The SMILES string of the molecule is O=C(O)c1cccc(OCC(=O)C23CC4CC(CC(C4)C2)C3)c1. The van der Waals surface area contributed by atoms with Crippen molar-refractivity contribution >= 4 is 11.8 Å². The van der Waals surface area contributed by atoms with E-state index in [2.05, 4.69) is 0 Å². The van der Waals surface area contributed by atoms with Gasteiger partial charge in [0.25, 0.3) is 0 Å². The first-order chi connectivity index (χ1) is 11.0. The van der Waals surface area contributed by atoms with E-state index < -0.39 is 5.97 Å². The molecule has 4 nitrogen and oxygen atoms in total. The number of hydrogen-bond acceptors (Lipinski definition) is 3. The molecule has 4 aliphatic rings. The van der Waals surface area contributed by atoms with Gasteiger partial charge in [0, 0.05) is 5.41 Å². The molecule has 0 atom stereocenters. The van der Waals surface area contributed by atoms with Crippen molar-refractivity contribution in [1.29, 1.82) is 0 Å². The summed E-state index contributed by atoms with van der Waals surface area (Å²) in [4.78, 5) is 23.8. The monoisotopic (exact) mass is 314 g/mol. The third-order valence-corrected chi connectivity index (χ3v) is 6.08. The summed E-state index contributed by atoms with van der Waals surface area (Å²) in [7, 11) is 0. The first-order valence-electron chi connectivity index (χ1n) is 8.53. The highest BCUT2D eigenvalue weighted by Gasteiger charge is 2.54. The van der Waals surface area contributed by atoms with Crippen molar-refractivity contribution in [2.24, 2.45) is 23.2 Å². The molecule has 1 aromatic rings. The topological polar surface area (TPSA) is 63.6 Å². The number of aromatic carboxylic acids is 1. The van der Waals surface area contributed by atoms with Crippen LogP contribution in [0.1, 0.15) is 48.9 Å². The Labute approximate surface area is 135 Å². The molecular formula is C19H22O4. The Balaban J connectivity index is 1.44. The Morgan fingerprint density at radius 1 is 1.09 bits per heavy atom. The number of ketones is 1. The molecule has 0 heterocycles. The van der Waals surface area contributed by atoms with Crippen LogP contribution in [-0.2, 0) is 4.79 Å². The van der Waals surface area contributed by atoms with E-state index in [0.717, 1.165) is 37.0 Å². The summed E-state index contributed by atoms with van der Waals surface area (Å²) in [6.07, 6.45) is 7.05. The highest BCUT2D eigenvalue weighted by atomic mass is 16.5. The van der Waals surface area contributed by atoms with Crippen molar-refractivity contribution in [1.82, 2.24) is 0 Å². The van der Waals surface area contributed by atoms with Crippen LogP contribution in [0.3, 0.4) is 0 Å². The maximum atomic E-state index is 12.8. The molecule has 4 heteroatoms. The molecule has 0 amide bonds. The van der Waals surface area contributed by atoms with Crippen LogP contribution in [0.5, 0.6) is 5.75 Å². The van der Waals surface area contributed by atoms with Gasteiger partial charge in [-0.25, -0.2) is 4.79 Å². The minimum atomic E-state index is -0.983. The van der Waals surface area contributed by atoms with Crippen LogP contribution in [0, 0.1) is 23.2 Å². The second-order valence-electron chi connectivity index (χ2n) is 7.74. The van der Waals surface area contributed by atoms with Gasteiger partial charge in [0.1, 0.15) is 12.4 Å². The zero-order chi connectivity index (χ0) is 16.0. The highest BCUT2D eigenvalue weighted by molar-refractivity contribution is 5.88. The number of Topliss-reactive ketones (excluding diaryl/α,β-unsaturated/α-hetero) is 1. The molecule has 0 radical (unpaired) electrons. The van der Waals surface area contributed by atoms with Gasteiger partial charge in [-0.1, -0.05) is 6.07 Å². The average Bonchev–Trinajstić information content (AvgIpc) is 2.51. The number of ether oxygens (including phenoxy) is 1. The van der Waals surface area contributed by atoms with Crippen molar-refractivity contribution in [2.75, 3.05) is 6.61 Å². The van der Waals surface area contributed by atoms with E-state index in [-0.39, 0.29) is 23.4 Å². The van der Waals surface area contributed by atoms with Crippen LogP contribution in [-0.4, -0.2) is 23.5 Å². The van der Waals surface area contributed by atoms with Gasteiger partial charge in [-0.15, -0.1) is 0 Å². The molecule has 0 aliphatic heterocycles. The lowest BCUT2D eigenvalue weighted by Gasteiger charge is -2.55. The number of benzene rings is 1. The number of carbonyl (C=O) groups is 2. The molecule has 4 fully saturated rings. The third-order valence-electron chi connectivity index (χ3n) is 6.08. The number of carboxylic acids is 1. The van der Waals surface area contributed by atoms with E-state index in [1.165, 1.54) is 31.4 Å². The Morgan fingerprint density at radius 2 is 1.70 bits per heavy atom. The molecule has 122 valence electrons. The van der Waals surface area contributed by atoms with Crippen molar-refractivity contribution in [3.63, 3.8) is 0 Å². The van der Waals surface area contributed by atoms with E-state index >= 15 is 0 Å². The molecule has 1 aromatic carbocycles. The van der Waals surface area contributed by atoms with E-state index in [0.29, 0.717) is 5.75 Å². The lowest BCUT2D eigenvalue weighted by atomic mass is 9.48. The Morgan fingerprint density at radius 3 is 2.26 bits per heavy atom. The van der Waals surface area contributed by atoms with Gasteiger partial charge >= 0.3 is 5.97 Å². The molecule has 4 bridgehead atoms. The molecule has 1 N–H and O–H groups in total. The van der Waals surface area contributed by atoms with Crippen LogP contribution in [0.25, 0.3) is 0 Å². The Kier molecular flexibility index (Phi) is 3.43. The lowest BCUT2D eigenvalue weighted by molar-refractivity contribution is -0.145. The average molecular weight is 314 g/mol. The van der Waals surface area contributed by atoms with Gasteiger partial charge in [-0.3, -0.25) is 4.79 Å². The summed E-state index contributed by atoms with van der Waals surface area (Å²) in [5.74, 6) is 1.91. The molecular weight excluding hydrogens is 292 g/mol. The number of carboxylic acid groups (broad SMARTS) is 1. The molecule has 23 heavy (non-hydrogen) atoms. The summed E-state index contributed by atoms with van der Waals surface area (Å²) in [5.41, 5.74) is 0.0313. The quantitative estimate of drug-likeness (QED) is 0.902. The van der Waals surface area contributed by atoms with Gasteiger partial charge < -0.3 is 9.84 Å². The van der Waals surface area contributed by atoms with Crippen molar-refractivity contribution in [3.8, 4) is 5.75 Å². The van der Waals surface area contributed by atoms with Gasteiger partial charge in [0.15, 0.2) is 5.78 Å². The van der Waals surface area contributed by atoms with Crippen LogP contribution in [0.4, 0.5) is 0 Å². The second kappa shape index (κ2) is 5.36. The van der Waals surface area contributed by atoms with Gasteiger partial charge in [0.2, 0.25) is 0 Å². The summed E-state index contributed by atoms with van der Waals surface area (Å²) in [6, 6.07) is 6.36. The summed E-state index contributed by atoms with van der Waals surface area (Å²) >= 11 is 0. The van der Waals surface area contributed by atoms with E-state index in [9.17, 15) is 9.59 Å². The standard InChI is InChI=1S/C19H22O4/c20-17(11-23-16-3-1-2-15(7-16)18(21)22)19-8-12-4-13(9-19)6-14(5-12)10-19/h1-3,7,12-14H,4-6,8-11H2,(H,21,22). The van der Waals surface area contributed by atoms with E-state index in [1.54, 1.807) is 12.1 Å². The molecule has 4 aliphatic carbocycles. The summed E-state index contributed by atoms with van der Waals surface area (Å²) in [5, 5.41) is 9.02. The number of carbonyl (C=O) groups excluding carboxylic acids is 1. The lowest BCUT2D eigenvalue weighted by Crippen LogP contribution is -2.51. The minimum Gasteiger partial charge on any atom is -0.486 e. The number of rotatable bonds is 5. The van der Waals surface area contributed by atoms with Crippen LogP contribution in [0.15, 0.2) is 24.3 Å². The van der Waals surface area contributed by atoms with Gasteiger partial charge in [0.05, 0.1) is 5.56 Å². The first kappa shape index (κ1) is 14.7. The smallest absolute Gasteiger partial charge is 0.335 e. The third kappa shape index (κ3) is 2.64. The maximum absolute atomic E-state index is 12.8. The summed E-state index contributed by atoms with van der Waals surface area (Å²) in [6.45, 7) is 0.0647. The normalized spacial score (nSPS) is 34.3. The molecule has 5 rings (SSSR count). The molecule has 0 aromatic heterocycles. The molecule has 4 saturated carbocycles. The fraction of sp³-hybridized carbons (Fsp3) is 0.579.